The summed E-state index contributed by atoms with van der Waals surface area (Å²) >= 11 is 1.94. The maximum atomic E-state index is 11.9. The molecule has 8 nitrogen and oxygen atoms in total. The first-order valence-corrected chi connectivity index (χ1v) is 10.1. The van der Waals surface area contributed by atoms with Crippen molar-refractivity contribution in [1.29, 1.82) is 0 Å². The molecule has 9 heteroatoms. The Bertz CT molecular complexity index is 532. The van der Waals surface area contributed by atoms with Gasteiger partial charge in [-0.05, 0) is 25.0 Å². The van der Waals surface area contributed by atoms with E-state index in [0.29, 0.717) is 5.96 Å². The molecule has 2 atom stereocenters. The highest BCUT2D eigenvalue weighted by atomic mass is 32.2. The summed E-state index contributed by atoms with van der Waals surface area (Å²) in [5.41, 5.74) is -0.0371. The molecule has 0 aromatic rings. The molecule has 0 bridgehead atoms. The van der Waals surface area contributed by atoms with E-state index in [9.17, 15) is 9.59 Å². The topological polar surface area (TPSA) is 86.3 Å². The summed E-state index contributed by atoms with van der Waals surface area (Å²) in [5, 5.41) is 6.46. The Morgan fingerprint density at radius 1 is 1.23 bits per heavy atom. The van der Waals surface area contributed by atoms with Gasteiger partial charge in [0.05, 0.1) is 12.1 Å². The number of ether oxygens (including phenoxy) is 1. The minimum Gasteiger partial charge on any atom is -0.374 e. The molecule has 2 aliphatic heterocycles. The number of carbonyl (C=O) groups excluding carboxylic acids is 2. The van der Waals surface area contributed by atoms with Crippen molar-refractivity contribution < 1.29 is 14.3 Å². The van der Waals surface area contributed by atoms with Crippen molar-refractivity contribution >= 4 is 29.5 Å². The molecule has 1 spiro atoms. The number of nitrogens with one attached hydrogen (secondary N) is 2. The molecule has 0 saturated carbocycles. The highest BCUT2D eigenvalue weighted by Gasteiger charge is 2.40. The lowest BCUT2D eigenvalue weighted by molar-refractivity contribution is -0.127. The quantitative estimate of drug-likeness (QED) is 0.502. The van der Waals surface area contributed by atoms with Crippen LogP contribution in [-0.2, 0) is 14.3 Å². The molecule has 0 radical (unpaired) electrons. The second kappa shape index (κ2) is 9.45. The number of thioether (sulfide) groups is 1. The summed E-state index contributed by atoms with van der Waals surface area (Å²) in [7, 11) is 6.83. The SMILES string of the molecule is CN(C)C(=O)CN=C(NCC(=O)N(C)C)NC1CCOC2(CCSC2)C1. The van der Waals surface area contributed by atoms with Crippen LogP contribution in [0.5, 0.6) is 0 Å². The summed E-state index contributed by atoms with van der Waals surface area (Å²) < 4.78 is 6.05. The Labute approximate surface area is 160 Å². The van der Waals surface area contributed by atoms with Crippen LogP contribution in [0.15, 0.2) is 4.99 Å². The average Bonchev–Trinajstić information content (AvgIpc) is 3.03. The molecule has 0 aromatic carbocycles. The van der Waals surface area contributed by atoms with Crippen molar-refractivity contribution in [3.05, 3.63) is 0 Å². The van der Waals surface area contributed by atoms with Gasteiger partial charge < -0.3 is 25.2 Å². The van der Waals surface area contributed by atoms with Crippen LogP contribution in [-0.4, -0.2) is 98.6 Å². The number of aliphatic imine (C=N–C) groups is 1. The van der Waals surface area contributed by atoms with E-state index in [1.807, 2.05) is 11.8 Å². The summed E-state index contributed by atoms with van der Waals surface area (Å²) in [6.07, 6.45) is 2.88. The fourth-order valence-electron chi connectivity index (χ4n) is 2.97. The zero-order chi connectivity index (χ0) is 19.2. The number of guanidine groups is 1. The van der Waals surface area contributed by atoms with Crippen LogP contribution in [0.25, 0.3) is 0 Å². The molecule has 2 saturated heterocycles. The van der Waals surface area contributed by atoms with Gasteiger partial charge >= 0.3 is 0 Å². The van der Waals surface area contributed by atoms with E-state index < -0.39 is 0 Å². The number of hydrogen-bond acceptors (Lipinski definition) is 5. The van der Waals surface area contributed by atoms with Crippen molar-refractivity contribution in [1.82, 2.24) is 20.4 Å². The maximum absolute atomic E-state index is 11.9. The fraction of sp³-hybridized carbons (Fsp3) is 0.824. The lowest BCUT2D eigenvalue weighted by atomic mass is 9.90. The minimum absolute atomic E-state index is 0.0371. The molecule has 0 aromatic heterocycles. The molecule has 2 aliphatic rings. The number of carbonyl (C=O) groups is 2. The van der Waals surface area contributed by atoms with Gasteiger partial charge in [-0.15, -0.1) is 0 Å². The predicted octanol–water partition coefficient (Wildman–Crippen LogP) is -0.247. The summed E-state index contributed by atoms with van der Waals surface area (Å²) in [5.74, 6) is 2.54. The first-order chi connectivity index (χ1) is 12.3. The monoisotopic (exact) mass is 385 g/mol. The molecular weight excluding hydrogens is 354 g/mol. The van der Waals surface area contributed by atoms with Gasteiger partial charge in [-0.1, -0.05) is 0 Å². The van der Waals surface area contributed by atoms with E-state index in [-0.39, 0.29) is 36.5 Å². The van der Waals surface area contributed by atoms with E-state index in [2.05, 4.69) is 15.6 Å². The standard InChI is InChI=1S/C17H31N5O3S/c1-21(2)14(23)10-18-16(19-11-15(24)22(3)4)20-13-5-7-25-17(9-13)6-8-26-12-17/h13H,5-12H2,1-4H3,(H2,18,19,20). The molecule has 2 rings (SSSR count). The molecular formula is C17H31N5O3S. The van der Waals surface area contributed by atoms with E-state index in [0.717, 1.165) is 37.4 Å². The zero-order valence-corrected chi connectivity index (χ0v) is 17.0. The molecule has 148 valence electrons. The third kappa shape index (κ3) is 6.05. The van der Waals surface area contributed by atoms with E-state index in [1.54, 1.807) is 28.2 Å². The van der Waals surface area contributed by atoms with Crippen molar-refractivity contribution in [3.63, 3.8) is 0 Å². The van der Waals surface area contributed by atoms with Gasteiger partial charge in [-0.3, -0.25) is 9.59 Å². The lowest BCUT2D eigenvalue weighted by Gasteiger charge is -2.38. The third-order valence-corrected chi connectivity index (χ3v) is 5.90. The molecule has 2 N–H and O–H groups in total. The van der Waals surface area contributed by atoms with Crippen LogP contribution in [0.2, 0.25) is 0 Å². The lowest BCUT2D eigenvalue weighted by Crippen LogP contribution is -2.52. The van der Waals surface area contributed by atoms with Crippen molar-refractivity contribution in [2.45, 2.75) is 30.9 Å². The van der Waals surface area contributed by atoms with Crippen LogP contribution in [0, 0.1) is 0 Å². The first-order valence-electron chi connectivity index (χ1n) is 8.98. The Morgan fingerprint density at radius 2 is 1.96 bits per heavy atom. The van der Waals surface area contributed by atoms with Gasteiger partial charge in [0.25, 0.3) is 0 Å². The van der Waals surface area contributed by atoms with Crippen LogP contribution in [0.3, 0.4) is 0 Å². The highest BCUT2D eigenvalue weighted by molar-refractivity contribution is 7.99. The smallest absolute Gasteiger partial charge is 0.243 e. The first kappa shape index (κ1) is 20.8. The largest absolute Gasteiger partial charge is 0.374 e. The van der Waals surface area contributed by atoms with Crippen molar-refractivity contribution in [3.8, 4) is 0 Å². The minimum atomic E-state index is -0.0827. The molecule has 2 fully saturated rings. The average molecular weight is 386 g/mol. The van der Waals surface area contributed by atoms with Crippen molar-refractivity contribution in [2.24, 2.45) is 4.99 Å². The normalized spacial score (nSPS) is 25.8. The number of nitrogens with zero attached hydrogens (tertiary/aromatic N) is 3. The summed E-state index contributed by atoms with van der Waals surface area (Å²) in [6.45, 7) is 0.903. The number of likely N-dealkylation sites (N-methyl/N-ethyl adjacent to an activating group) is 2. The molecule has 2 unspecified atom stereocenters. The number of hydrogen-bond donors (Lipinski definition) is 2. The third-order valence-electron chi connectivity index (χ3n) is 4.68. The van der Waals surface area contributed by atoms with Gasteiger partial charge in [0.1, 0.15) is 6.54 Å². The molecule has 2 amide bonds. The zero-order valence-electron chi connectivity index (χ0n) is 16.2. The van der Waals surface area contributed by atoms with E-state index >= 15 is 0 Å². The maximum Gasteiger partial charge on any atom is 0.243 e. The Kier molecular flexibility index (Phi) is 7.57. The summed E-state index contributed by atoms with van der Waals surface area (Å²) in [4.78, 5) is 31.1. The van der Waals surface area contributed by atoms with Crippen molar-refractivity contribution in [2.75, 3.05) is 59.4 Å². The van der Waals surface area contributed by atoms with Gasteiger partial charge in [0.2, 0.25) is 11.8 Å². The second-order valence-corrected chi connectivity index (χ2v) is 8.37. The van der Waals surface area contributed by atoms with Crippen LogP contribution < -0.4 is 10.6 Å². The fourth-order valence-corrected chi connectivity index (χ4v) is 4.34. The van der Waals surface area contributed by atoms with Crippen LogP contribution in [0.1, 0.15) is 19.3 Å². The second-order valence-electron chi connectivity index (χ2n) is 7.26. The van der Waals surface area contributed by atoms with Crippen LogP contribution in [0.4, 0.5) is 0 Å². The van der Waals surface area contributed by atoms with Gasteiger partial charge in [0, 0.05) is 46.6 Å². The van der Waals surface area contributed by atoms with Gasteiger partial charge in [0.15, 0.2) is 5.96 Å². The highest BCUT2D eigenvalue weighted by Crippen LogP contribution is 2.38. The molecule has 0 aliphatic carbocycles. The van der Waals surface area contributed by atoms with Gasteiger partial charge in [-0.2, -0.15) is 11.8 Å². The number of rotatable bonds is 5. The van der Waals surface area contributed by atoms with E-state index in [1.165, 1.54) is 9.80 Å². The molecule has 2 heterocycles. The summed E-state index contributed by atoms with van der Waals surface area (Å²) in [6, 6.07) is 0.220. The Morgan fingerprint density at radius 3 is 2.58 bits per heavy atom. The Balaban J connectivity index is 1.98. The van der Waals surface area contributed by atoms with E-state index in [4.69, 9.17) is 4.74 Å². The van der Waals surface area contributed by atoms with Gasteiger partial charge in [-0.25, -0.2) is 4.99 Å². The predicted molar refractivity (Wildman–Crippen MR) is 104 cm³/mol. The molecule has 26 heavy (non-hydrogen) atoms. The Hall–Kier alpha value is -1.48. The number of amides is 2. The van der Waals surface area contributed by atoms with Crippen LogP contribution >= 0.6 is 11.8 Å².